The molecule has 0 aliphatic carbocycles. The van der Waals surface area contributed by atoms with E-state index in [9.17, 15) is 9.59 Å². The van der Waals surface area contributed by atoms with Gasteiger partial charge in [-0.05, 0) is 30.7 Å². The molecule has 4 aromatic heterocycles. The minimum Gasteiger partial charge on any atom is -0.494 e. The van der Waals surface area contributed by atoms with Gasteiger partial charge in [-0.15, -0.1) is 10.2 Å². The first-order chi connectivity index (χ1) is 16.9. The zero-order valence-electron chi connectivity index (χ0n) is 18.4. The SMILES string of the molecule is COc1cnc(Cl)cc1-c1cc(C)ncc1C(=O)Nc1nnc(C(=O)Nc2ccc(CO)cn2)s1. The maximum absolute atomic E-state index is 13.1. The van der Waals surface area contributed by atoms with Gasteiger partial charge in [-0.2, -0.15) is 0 Å². The topological polar surface area (TPSA) is 152 Å². The number of pyridine rings is 3. The van der Waals surface area contributed by atoms with Crippen LogP contribution >= 0.6 is 22.9 Å². The van der Waals surface area contributed by atoms with Crippen LogP contribution in [0.15, 0.2) is 42.9 Å². The molecule has 35 heavy (non-hydrogen) atoms. The van der Waals surface area contributed by atoms with Crippen LogP contribution in [0.5, 0.6) is 5.75 Å². The number of nitrogens with one attached hydrogen (secondary N) is 2. The largest absolute Gasteiger partial charge is 0.494 e. The van der Waals surface area contributed by atoms with E-state index in [4.69, 9.17) is 21.4 Å². The number of hydrogen-bond acceptors (Lipinski definition) is 10. The van der Waals surface area contributed by atoms with E-state index in [2.05, 4.69) is 35.8 Å². The molecule has 0 radical (unpaired) electrons. The number of aliphatic hydroxyl groups is 1. The minimum absolute atomic E-state index is 0.0261. The fourth-order valence-electron chi connectivity index (χ4n) is 3.05. The second kappa shape index (κ2) is 10.5. The molecule has 4 rings (SSSR count). The predicted octanol–water partition coefficient (Wildman–Crippen LogP) is 3.36. The molecule has 0 fully saturated rings. The normalized spacial score (nSPS) is 10.6. The quantitative estimate of drug-likeness (QED) is 0.317. The van der Waals surface area contributed by atoms with Crippen LogP contribution in [0.3, 0.4) is 0 Å². The summed E-state index contributed by atoms with van der Waals surface area (Å²) in [6, 6.07) is 6.52. The Labute approximate surface area is 208 Å². The maximum Gasteiger partial charge on any atom is 0.287 e. The number of aromatic nitrogens is 5. The number of carbonyl (C=O) groups is 2. The van der Waals surface area contributed by atoms with Gasteiger partial charge in [-0.3, -0.25) is 19.9 Å². The number of nitrogens with zero attached hydrogens (tertiary/aromatic N) is 5. The number of rotatable bonds is 7. The van der Waals surface area contributed by atoms with Crippen LogP contribution in [0.1, 0.15) is 31.4 Å². The predicted molar refractivity (Wildman–Crippen MR) is 130 cm³/mol. The lowest BCUT2D eigenvalue weighted by molar-refractivity contribution is 0.101. The van der Waals surface area contributed by atoms with E-state index < -0.39 is 11.8 Å². The molecule has 13 heteroatoms. The standard InChI is InChI=1S/C22H18ClN7O4S/c1-11-5-13(14-6-17(23)25-9-16(14)34-2)15(8-24-11)19(32)28-22-30-29-21(35-22)20(33)27-18-4-3-12(10-31)7-26-18/h3-9,31H,10H2,1-2H3,(H,26,27,33)(H,28,30,32). The number of carbonyl (C=O) groups excluding carboxylic acids is 2. The zero-order chi connectivity index (χ0) is 24.9. The summed E-state index contributed by atoms with van der Waals surface area (Å²) in [6.07, 6.45) is 4.35. The number of hydrogen-bond donors (Lipinski definition) is 3. The summed E-state index contributed by atoms with van der Waals surface area (Å²) in [5, 5.41) is 22.4. The maximum atomic E-state index is 13.1. The van der Waals surface area contributed by atoms with Gasteiger partial charge in [0.1, 0.15) is 16.7 Å². The molecule has 0 bridgehead atoms. The third-order valence-corrected chi connectivity index (χ3v) is 5.76. The summed E-state index contributed by atoms with van der Waals surface area (Å²) in [5.74, 6) is -0.328. The Hall–Kier alpha value is -4.00. The Morgan fingerprint density at radius 1 is 1.03 bits per heavy atom. The molecule has 0 atom stereocenters. The van der Waals surface area contributed by atoms with Crippen LogP contribution in [-0.2, 0) is 6.61 Å². The Morgan fingerprint density at radius 3 is 2.57 bits per heavy atom. The second-order valence-electron chi connectivity index (χ2n) is 7.11. The van der Waals surface area contributed by atoms with Crippen LogP contribution in [0.2, 0.25) is 5.15 Å². The van der Waals surface area contributed by atoms with E-state index in [1.165, 1.54) is 25.7 Å². The van der Waals surface area contributed by atoms with E-state index in [1.54, 1.807) is 31.2 Å². The Morgan fingerprint density at radius 2 is 1.86 bits per heavy atom. The lowest BCUT2D eigenvalue weighted by Crippen LogP contribution is -2.14. The fourth-order valence-corrected chi connectivity index (χ4v) is 3.84. The average molecular weight is 512 g/mol. The lowest BCUT2D eigenvalue weighted by Gasteiger charge is -2.13. The van der Waals surface area contributed by atoms with Gasteiger partial charge in [-0.25, -0.2) is 9.97 Å². The molecule has 0 aliphatic rings. The van der Waals surface area contributed by atoms with Crippen molar-refractivity contribution in [2.24, 2.45) is 0 Å². The van der Waals surface area contributed by atoms with E-state index in [-0.39, 0.29) is 33.3 Å². The third kappa shape index (κ3) is 5.57. The van der Waals surface area contributed by atoms with Crippen molar-refractivity contribution in [2.45, 2.75) is 13.5 Å². The fraction of sp³-hybridized carbons (Fsp3) is 0.136. The molecular weight excluding hydrogens is 494 g/mol. The zero-order valence-corrected chi connectivity index (χ0v) is 20.0. The Bertz CT molecular complexity index is 1400. The van der Waals surface area contributed by atoms with Crippen molar-refractivity contribution >= 4 is 45.7 Å². The number of methoxy groups -OCH3 is 1. The van der Waals surface area contributed by atoms with Crippen molar-refractivity contribution in [3.05, 3.63) is 69.8 Å². The molecule has 4 heterocycles. The third-order valence-electron chi connectivity index (χ3n) is 4.72. The number of aliphatic hydroxyl groups excluding tert-OH is 1. The summed E-state index contributed by atoms with van der Waals surface area (Å²) in [4.78, 5) is 37.9. The monoisotopic (exact) mass is 511 g/mol. The van der Waals surface area contributed by atoms with Gasteiger partial charge in [0, 0.05) is 29.2 Å². The first kappa shape index (κ1) is 24.1. The summed E-state index contributed by atoms with van der Waals surface area (Å²) < 4.78 is 5.38. The summed E-state index contributed by atoms with van der Waals surface area (Å²) >= 11 is 6.97. The summed E-state index contributed by atoms with van der Waals surface area (Å²) in [5.41, 5.74) is 2.64. The highest BCUT2D eigenvalue weighted by Gasteiger charge is 2.20. The molecule has 11 nitrogen and oxygen atoms in total. The van der Waals surface area contributed by atoms with E-state index in [0.717, 1.165) is 11.3 Å². The van der Waals surface area contributed by atoms with Crippen molar-refractivity contribution in [2.75, 3.05) is 17.7 Å². The highest BCUT2D eigenvalue weighted by molar-refractivity contribution is 7.17. The Kier molecular flexibility index (Phi) is 7.25. The molecule has 3 N–H and O–H groups in total. The van der Waals surface area contributed by atoms with Crippen LogP contribution in [0.25, 0.3) is 11.1 Å². The molecule has 2 amide bonds. The van der Waals surface area contributed by atoms with Crippen LogP contribution in [0.4, 0.5) is 10.9 Å². The number of amides is 2. The lowest BCUT2D eigenvalue weighted by atomic mass is 10.0. The van der Waals surface area contributed by atoms with Gasteiger partial charge in [0.2, 0.25) is 10.1 Å². The molecule has 0 spiro atoms. The smallest absolute Gasteiger partial charge is 0.287 e. The van der Waals surface area contributed by atoms with Crippen LogP contribution < -0.4 is 15.4 Å². The number of aryl methyl sites for hydroxylation is 1. The highest BCUT2D eigenvalue weighted by atomic mass is 35.5. The first-order valence-corrected chi connectivity index (χ1v) is 11.3. The van der Waals surface area contributed by atoms with Crippen molar-refractivity contribution in [3.8, 4) is 16.9 Å². The average Bonchev–Trinajstić information content (AvgIpc) is 3.33. The number of halogens is 1. The molecule has 0 unspecified atom stereocenters. The van der Waals surface area contributed by atoms with Gasteiger partial charge >= 0.3 is 0 Å². The van der Waals surface area contributed by atoms with Crippen LogP contribution in [0, 0.1) is 6.92 Å². The van der Waals surface area contributed by atoms with Crippen molar-refractivity contribution in [1.29, 1.82) is 0 Å². The van der Waals surface area contributed by atoms with E-state index >= 15 is 0 Å². The molecule has 0 aromatic carbocycles. The van der Waals surface area contributed by atoms with Gasteiger partial charge in [0.05, 0.1) is 25.5 Å². The summed E-state index contributed by atoms with van der Waals surface area (Å²) in [6.45, 7) is 1.64. The highest BCUT2D eigenvalue weighted by Crippen LogP contribution is 2.34. The van der Waals surface area contributed by atoms with Crippen molar-refractivity contribution in [1.82, 2.24) is 25.1 Å². The molecular formula is C22H18ClN7O4S. The van der Waals surface area contributed by atoms with Gasteiger partial charge in [0.25, 0.3) is 11.8 Å². The summed E-state index contributed by atoms with van der Waals surface area (Å²) in [7, 11) is 1.49. The van der Waals surface area contributed by atoms with Crippen molar-refractivity contribution in [3.63, 3.8) is 0 Å². The van der Waals surface area contributed by atoms with E-state index in [1.807, 2.05) is 0 Å². The van der Waals surface area contributed by atoms with Gasteiger partial charge in [0.15, 0.2) is 0 Å². The number of ether oxygens (including phenoxy) is 1. The minimum atomic E-state index is -0.541. The number of anilines is 2. The Balaban J connectivity index is 1.54. The molecule has 0 saturated carbocycles. The van der Waals surface area contributed by atoms with Gasteiger partial charge < -0.3 is 15.2 Å². The second-order valence-corrected chi connectivity index (χ2v) is 8.47. The van der Waals surface area contributed by atoms with Crippen LogP contribution in [-0.4, -0.2) is 49.2 Å². The molecule has 178 valence electrons. The molecule has 4 aromatic rings. The van der Waals surface area contributed by atoms with Crippen molar-refractivity contribution < 1.29 is 19.4 Å². The molecule has 0 aliphatic heterocycles. The van der Waals surface area contributed by atoms with Gasteiger partial charge in [-0.1, -0.05) is 29.0 Å². The van der Waals surface area contributed by atoms with E-state index in [0.29, 0.717) is 28.1 Å². The molecule has 0 saturated heterocycles. The first-order valence-electron chi connectivity index (χ1n) is 10.1.